The largest absolute Gasteiger partial charge is 0.451 e. The van der Waals surface area contributed by atoms with E-state index in [1.807, 2.05) is 12.1 Å². The number of urea groups is 1. The summed E-state index contributed by atoms with van der Waals surface area (Å²) in [5.74, 6) is -1.27. The predicted octanol–water partition coefficient (Wildman–Crippen LogP) is 3.21. The summed E-state index contributed by atoms with van der Waals surface area (Å²) in [6.45, 7) is -0.509. The van der Waals surface area contributed by atoms with Crippen molar-refractivity contribution in [3.63, 3.8) is 0 Å². The van der Waals surface area contributed by atoms with Crippen molar-refractivity contribution in [3.8, 4) is 10.4 Å². The average Bonchev–Trinajstić information content (AvgIpc) is 3.25. The Morgan fingerprint density at radius 2 is 1.84 bits per heavy atom. The summed E-state index contributed by atoms with van der Waals surface area (Å²) in [5, 5.41) is 5.37. The Kier molecular flexibility index (Phi) is 5.35. The lowest BCUT2D eigenvalue weighted by atomic mass is 10.2. The van der Waals surface area contributed by atoms with Gasteiger partial charge < -0.3 is 10.1 Å². The number of halogens is 1. The number of benzene rings is 1. The molecule has 1 aliphatic carbocycles. The van der Waals surface area contributed by atoms with E-state index >= 15 is 0 Å². The molecule has 2 aromatic rings. The van der Waals surface area contributed by atoms with Crippen LogP contribution in [0.5, 0.6) is 0 Å². The van der Waals surface area contributed by atoms with Crippen molar-refractivity contribution in [2.75, 3.05) is 6.61 Å². The Morgan fingerprint density at radius 3 is 2.52 bits per heavy atom. The van der Waals surface area contributed by atoms with Gasteiger partial charge >= 0.3 is 12.0 Å². The van der Waals surface area contributed by atoms with Crippen LogP contribution in [0.2, 0.25) is 5.02 Å². The highest BCUT2D eigenvalue weighted by Crippen LogP contribution is 2.29. The zero-order valence-electron chi connectivity index (χ0n) is 13.1. The molecule has 0 spiro atoms. The van der Waals surface area contributed by atoms with Gasteiger partial charge in [0.05, 0.1) is 0 Å². The molecule has 3 rings (SSSR count). The summed E-state index contributed by atoms with van der Waals surface area (Å²) < 4.78 is 4.94. The van der Waals surface area contributed by atoms with Crippen LogP contribution >= 0.6 is 22.9 Å². The highest BCUT2D eigenvalue weighted by molar-refractivity contribution is 7.17. The van der Waals surface area contributed by atoms with Gasteiger partial charge in [-0.05, 0) is 42.7 Å². The maximum atomic E-state index is 12.0. The molecule has 1 saturated carbocycles. The standard InChI is InChI=1S/C17H15ClN2O4S/c18-11-3-1-10(2-4-11)13-7-8-14(25-13)16(22)24-9-15(21)20-17(23)19-12-5-6-12/h1-4,7-8,12H,5-6,9H2,(H2,19,20,21,23). The summed E-state index contributed by atoms with van der Waals surface area (Å²) >= 11 is 7.11. The number of ether oxygens (including phenoxy) is 1. The van der Waals surface area contributed by atoms with Crippen LogP contribution in [0, 0.1) is 0 Å². The van der Waals surface area contributed by atoms with Gasteiger partial charge in [-0.2, -0.15) is 0 Å². The van der Waals surface area contributed by atoms with Crippen LogP contribution in [0.3, 0.4) is 0 Å². The molecular formula is C17H15ClN2O4S. The van der Waals surface area contributed by atoms with Crippen molar-refractivity contribution in [3.05, 3.63) is 46.3 Å². The number of imide groups is 1. The van der Waals surface area contributed by atoms with Gasteiger partial charge in [0.15, 0.2) is 6.61 Å². The molecule has 8 heteroatoms. The van der Waals surface area contributed by atoms with Gasteiger partial charge in [-0.1, -0.05) is 23.7 Å². The van der Waals surface area contributed by atoms with Gasteiger partial charge in [-0.15, -0.1) is 11.3 Å². The smallest absolute Gasteiger partial charge is 0.348 e. The fourth-order valence-electron chi connectivity index (χ4n) is 2.03. The van der Waals surface area contributed by atoms with Crippen LogP contribution in [0.4, 0.5) is 4.79 Å². The summed E-state index contributed by atoms with van der Waals surface area (Å²) in [6.07, 6.45) is 1.84. The predicted molar refractivity (Wildman–Crippen MR) is 94.7 cm³/mol. The molecule has 0 saturated heterocycles. The molecule has 0 bridgehead atoms. The lowest BCUT2D eigenvalue weighted by Crippen LogP contribution is -2.42. The van der Waals surface area contributed by atoms with Crippen molar-refractivity contribution in [1.29, 1.82) is 0 Å². The normalized spacial score (nSPS) is 13.2. The fourth-order valence-corrected chi connectivity index (χ4v) is 3.06. The Bertz CT molecular complexity index is 799. The highest BCUT2D eigenvalue weighted by Gasteiger charge is 2.24. The number of carbonyl (C=O) groups is 3. The third-order valence-electron chi connectivity index (χ3n) is 3.44. The van der Waals surface area contributed by atoms with Crippen LogP contribution in [-0.2, 0) is 9.53 Å². The summed E-state index contributed by atoms with van der Waals surface area (Å²) in [7, 11) is 0. The van der Waals surface area contributed by atoms with Crippen LogP contribution in [0.25, 0.3) is 10.4 Å². The van der Waals surface area contributed by atoms with Crippen LogP contribution in [0.1, 0.15) is 22.5 Å². The number of rotatable bonds is 5. The van der Waals surface area contributed by atoms with Crippen molar-refractivity contribution < 1.29 is 19.1 Å². The van der Waals surface area contributed by atoms with E-state index in [4.69, 9.17) is 16.3 Å². The first kappa shape index (κ1) is 17.4. The summed E-state index contributed by atoms with van der Waals surface area (Å²) in [5.41, 5.74) is 0.933. The first-order valence-electron chi connectivity index (χ1n) is 7.64. The van der Waals surface area contributed by atoms with Crippen molar-refractivity contribution >= 4 is 40.8 Å². The van der Waals surface area contributed by atoms with Gasteiger partial charge in [-0.3, -0.25) is 10.1 Å². The molecule has 130 valence electrons. The Labute approximate surface area is 153 Å². The Hall–Kier alpha value is -2.38. The first-order chi connectivity index (χ1) is 12.0. The van der Waals surface area contributed by atoms with E-state index in [0.717, 1.165) is 23.3 Å². The van der Waals surface area contributed by atoms with Crippen molar-refractivity contribution in [2.24, 2.45) is 0 Å². The number of nitrogens with one attached hydrogen (secondary N) is 2. The van der Waals surface area contributed by atoms with E-state index in [2.05, 4.69) is 10.6 Å². The quantitative estimate of drug-likeness (QED) is 0.782. The van der Waals surface area contributed by atoms with Crippen LogP contribution in [-0.4, -0.2) is 30.6 Å². The van der Waals surface area contributed by atoms with E-state index in [0.29, 0.717) is 9.90 Å². The maximum Gasteiger partial charge on any atom is 0.348 e. The molecule has 3 amide bonds. The lowest BCUT2D eigenvalue weighted by Gasteiger charge is -2.05. The van der Waals surface area contributed by atoms with Crippen molar-refractivity contribution in [1.82, 2.24) is 10.6 Å². The minimum absolute atomic E-state index is 0.146. The number of esters is 1. The fraction of sp³-hybridized carbons (Fsp3) is 0.235. The van der Waals surface area contributed by atoms with Gasteiger partial charge in [0, 0.05) is 15.9 Å². The van der Waals surface area contributed by atoms with E-state index in [-0.39, 0.29) is 6.04 Å². The minimum atomic E-state index is -0.666. The monoisotopic (exact) mass is 378 g/mol. The molecule has 6 nitrogen and oxygen atoms in total. The SMILES string of the molecule is O=C(COC(=O)c1ccc(-c2ccc(Cl)cc2)s1)NC(=O)NC1CC1. The zero-order valence-corrected chi connectivity index (χ0v) is 14.7. The zero-order chi connectivity index (χ0) is 17.8. The molecule has 1 fully saturated rings. The average molecular weight is 379 g/mol. The molecule has 0 unspecified atom stereocenters. The van der Waals surface area contributed by atoms with Crippen molar-refractivity contribution in [2.45, 2.75) is 18.9 Å². The molecule has 0 aliphatic heterocycles. The second-order valence-electron chi connectivity index (χ2n) is 5.54. The highest BCUT2D eigenvalue weighted by atomic mass is 35.5. The minimum Gasteiger partial charge on any atom is -0.451 e. The molecule has 1 heterocycles. The third kappa shape index (κ3) is 5.04. The van der Waals surface area contributed by atoms with Gasteiger partial charge in [0.25, 0.3) is 5.91 Å². The van der Waals surface area contributed by atoms with Gasteiger partial charge in [-0.25, -0.2) is 9.59 Å². The molecular weight excluding hydrogens is 364 g/mol. The van der Waals surface area contributed by atoms with E-state index in [1.54, 1.807) is 24.3 Å². The molecule has 0 atom stereocenters. The van der Waals surface area contributed by atoms with Gasteiger partial charge in [0.1, 0.15) is 4.88 Å². The lowest BCUT2D eigenvalue weighted by molar-refractivity contribution is -0.123. The number of carbonyl (C=O) groups excluding carboxylic acids is 3. The molecule has 0 radical (unpaired) electrons. The number of amides is 3. The second kappa shape index (κ2) is 7.67. The Morgan fingerprint density at radius 1 is 1.12 bits per heavy atom. The van der Waals surface area contributed by atoms with Crippen LogP contribution in [0.15, 0.2) is 36.4 Å². The molecule has 25 heavy (non-hydrogen) atoms. The number of hydrogen-bond donors (Lipinski definition) is 2. The van der Waals surface area contributed by atoms with E-state index < -0.39 is 24.5 Å². The van der Waals surface area contributed by atoms with Gasteiger partial charge in [0.2, 0.25) is 0 Å². The summed E-state index contributed by atoms with van der Waals surface area (Å²) in [6, 6.07) is 10.3. The van der Waals surface area contributed by atoms with E-state index in [9.17, 15) is 14.4 Å². The Balaban J connectivity index is 1.50. The summed E-state index contributed by atoms with van der Waals surface area (Å²) in [4.78, 5) is 36.3. The van der Waals surface area contributed by atoms with E-state index in [1.165, 1.54) is 11.3 Å². The molecule has 2 N–H and O–H groups in total. The molecule has 1 aliphatic rings. The second-order valence-corrected chi connectivity index (χ2v) is 7.06. The molecule has 1 aromatic carbocycles. The first-order valence-corrected chi connectivity index (χ1v) is 8.84. The maximum absolute atomic E-state index is 12.0. The number of hydrogen-bond acceptors (Lipinski definition) is 5. The topological polar surface area (TPSA) is 84.5 Å². The van der Waals surface area contributed by atoms with Crippen LogP contribution < -0.4 is 10.6 Å². The third-order valence-corrected chi connectivity index (χ3v) is 4.80. The molecule has 1 aromatic heterocycles. The number of thiophene rings is 1.